The van der Waals surface area contributed by atoms with Crippen LogP contribution in [0.2, 0.25) is 0 Å². The molecule has 19 heavy (non-hydrogen) atoms. The topological polar surface area (TPSA) is 110 Å². The summed E-state index contributed by atoms with van der Waals surface area (Å²) in [4.78, 5) is 7.96. The van der Waals surface area contributed by atoms with Crippen molar-refractivity contribution in [2.24, 2.45) is 5.84 Å². The standard InChI is InChI=1S/C10H13N5O2S2/c11-15-10-8(2-1-4-13-10)19(16,17)14-5-3-9-12-6-7-18-9/h1-2,4,6-7,14H,3,5,11H2,(H,13,15). The molecule has 0 atom stereocenters. The van der Waals surface area contributed by atoms with Crippen LogP contribution < -0.4 is 16.0 Å². The van der Waals surface area contributed by atoms with Crippen LogP contribution in [-0.2, 0) is 16.4 Å². The molecule has 7 nitrogen and oxygen atoms in total. The molecule has 2 rings (SSSR count). The highest BCUT2D eigenvalue weighted by Gasteiger charge is 2.18. The Morgan fingerprint density at radius 1 is 1.32 bits per heavy atom. The van der Waals surface area contributed by atoms with Crippen molar-refractivity contribution in [2.75, 3.05) is 12.0 Å². The van der Waals surface area contributed by atoms with Gasteiger partial charge in [-0.3, -0.25) is 0 Å². The van der Waals surface area contributed by atoms with Crippen molar-refractivity contribution < 1.29 is 8.42 Å². The number of sulfonamides is 1. The second kappa shape index (κ2) is 6.06. The average molecular weight is 299 g/mol. The lowest BCUT2D eigenvalue weighted by Crippen LogP contribution is -2.27. The Morgan fingerprint density at radius 3 is 2.84 bits per heavy atom. The van der Waals surface area contributed by atoms with Crippen LogP contribution in [-0.4, -0.2) is 24.9 Å². The van der Waals surface area contributed by atoms with Crippen molar-refractivity contribution in [2.45, 2.75) is 11.3 Å². The van der Waals surface area contributed by atoms with Crippen LogP contribution in [0.15, 0.2) is 34.8 Å². The van der Waals surface area contributed by atoms with Gasteiger partial charge in [0.1, 0.15) is 4.90 Å². The third-order valence-corrected chi connectivity index (χ3v) is 4.64. The minimum atomic E-state index is -3.63. The van der Waals surface area contributed by atoms with Gasteiger partial charge in [-0.05, 0) is 12.1 Å². The molecule has 0 unspecified atom stereocenters. The Labute approximate surface area is 114 Å². The Balaban J connectivity index is 2.05. The van der Waals surface area contributed by atoms with E-state index in [0.717, 1.165) is 5.01 Å². The van der Waals surface area contributed by atoms with Gasteiger partial charge in [0.05, 0.1) is 5.01 Å². The summed E-state index contributed by atoms with van der Waals surface area (Å²) in [5, 5.41) is 2.73. The van der Waals surface area contributed by atoms with E-state index in [1.165, 1.54) is 29.7 Å². The molecule has 0 fully saturated rings. The molecule has 9 heteroatoms. The largest absolute Gasteiger partial charge is 0.307 e. The maximum Gasteiger partial charge on any atom is 0.244 e. The van der Waals surface area contributed by atoms with Crippen LogP contribution in [0.3, 0.4) is 0 Å². The van der Waals surface area contributed by atoms with Gasteiger partial charge in [0.2, 0.25) is 10.0 Å². The maximum absolute atomic E-state index is 12.1. The lowest BCUT2D eigenvalue weighted by molar-refractivity contribution is 0.581. The fourth-order valence-electron chi connectivity index (χ4n) is 1.46. The number of hydrogen-bond acceptors (Lipinski definition) is 7. The number of thiazole rings is 1. The zero-order valence-corrected chi connectivity index (χ0v) is 11.5. The molecular formula is C10H13N5O2S2. The first-order chi connectivity index (χ1) is 9.13. The number of anilines is 1. The van der Waals surface area contributed by atoms with Gasteiger partial charge >= 0.3 is 0 Å². The van der Waals surface area contributed by atoms with Crippen molar-refractivity contribution in [1.82, 2.24) is 14.7 Å². The zero-order valence-electron chi connectivity index (χ0n) is 9.91. The van der Waals surface area contributed by atoms with Crippen molar-refractivity contribution in [3.05, 3.63) is 34.9 Å². The van der Waals surface area contributed by atoms with Gasteiger partial charge in [-0.15, -0.1) is 11.3 Å². The number of pyridine rings is 1. The van der Waals surface area contributed by atoms with Crippen LogP contribution in [0.1, 0.15) is 5.01 Å². The number of nitrogens with zero attached hydrogens (tertiary/aromatic N) is 2. The Bertz CT molecular complexity index is 627. The fraction of sp³-hybridized carbons (Fsp3) is 0.200. The molecule has 0 saturated carbocycles. The molecule has 4 N–H and O–H groups in total. The number of hydrazine groups is 1. The first-order valence-electron chi connectivity index (χ1n) is 5.43. The van der Waals surface area contributed by atoms with E-state index in [4.69, 9.17) is 5.84 Å². The second-order valence-corrected chi connectivity index (χ2v) is 6.28. The quantitative estimate of drug-likeness (QED) is 0.524. The minimum absolute atomic E-state index is 0.0247. The highest BCUT2D eigenvalue weighted by Crippen LogP contribution is 2.16. The predicted molar refractivity (Wildman–Crippen MR) is 73.1 cm³/mol. The van der Waals surface area contributed by atoms with Crippen molar-refractivity contribution in [3.63, 3.8) is 0 Å². The number of hydrogen-bond donors (Lipinski definition) is 3. The Hall–Kier alpha value is -1.55. The van der Waals surface area contributed by atoms with E-state index >= 15 is 0 Å². The van der Waals surface area contributed by atoms with Gasteiger partial charge in [0, 0.05) is 30.7 Å². The third kappa shape index (κ3) is 3.47. The average Bonchev–Trinajstić information content (AvgIpc) is 2.91. The monoisotopic (exact) mass is 299 g/mol. The van der Waals surface area contributed by atoms with E-state index in [-0.39, 0.29) is 17.3 Å². The maximum atomic E-state index is 12.1. The van der Waals surface area contributed by atoms with Crippen LogP contribution >= 0.6 is 11.3 Å². The summed E-state index contributed by atoms with van der Waals surface area (Å²) in [5.74, 6) is 5.36. The Morgan fingerprint density at radius 2 is 2.16 bits per heavy atom. The molecule has 102 valence electrons. The summed E-state index contributed by atoms with van der Waals surface area (Å²) >= 11 is 1.49. The lowest BCUT2D eigenvalue weighted by Gasteiger charge is -2.09. The van der Waals surface area contributed by atoms with Gasteiger partial charge in [0.25, 0.3) is 0 Å². The molecular weight excluding hydrogens is 286 g/mol. The molecule has 0 saturated heterocycles. The normalized spacial score (nSPS) is 11.4. The van der Waals surface area contributed by atoms with E-state index in [0.29, 0.717) is 6.42 Å². The molecule has 0 amide bonds. The second-order valence-electron chi connectivity index (χ2n) is 3.57. The van der Waals surface area contributed by atoms with E-state index in [9.17, 15) is 8.42 Å². The van der Waals surface area contributed by atoms with Crippen molar-refractivity contribution in [3.8, 4) is 0 Å². The SMILES string of the molecule is NNc1ncccc1S(=O)(=O)NCCc1nccs1. The molecule has 0 bridgehead atoms. The van der Waals surface area contributed by atoms with Gasteiger partial charge in [-0.2, -0.15) is 0 Å². The van der Waals surface area contributed by atoms with E-state index < -0.39 is 10.0 Å². The first-order valence-corrected chi connectivity index (χ1v) is 7.79. The lowest BCUT2D eigenvalue weighted by atomic mass is 10.5. The van der Waals surface area contributed by atoms with Crippen molar-refractivity contribution >= 4 is 27.2 Å². The summed E-state index contributed by atoms with van der Waals surface area (Å²) in [5.41, 5.74) is 2.27. The predicted octanol–water partition coefficient (Wildman–Crippen LogP) is 0.345. The summed E-state index contributed by atoms with van der Waals surface area (Å²) in [7, 11) is -3.63. The molecule has 0 aliphatic carbocycles. The van der Waals surface area contributed by atoms with Crippen molar-refractivity contribution in [1.29, 1.82) is 0 Å². The number of rotatable bonds is 6. The minimum Gasteiger partial charge on any atom is -0.307 e. The number of nitrogens with one attached hydrogen (secondary N) is 2. The van der Waals surface area contributed by atoms with Crippen LogP contribution in [0.25, 0.3) is 0 Å². The fourth-order valence-corrected chi connectivity index (χ4v) is 3.23. The molecule has 2 heterocycles. The third-order valence-electron chi connectivity index (χ3n) is 2.31. The molecule has 0 aliphatic heterocycles. The smallest absolute Gasteiger partial charge is 0.244 e. The summed E-state index contributed by atoms with van der Waals surface area (Å²) in [6.07, 6.45) is 3.69. The zero-order chi connectivity index (χ0) is 13.7. The summed E-state index contributed by atoms with van der Waals surface area (Å²) in [6, 6.07) is 2.98. The van der Waals surface area contributed by atoms with Gasteiger partial charge < -0.3 is 5.43 Å². The number of aromatic nitrogens is 2. The number of nitrogens with two attached hydrogens (primary N) is 1. The molecule has 0 aromatic carbocycles. The molecule has 2 aromatic heterocycles. The van der Waals surface area contributed by atoms with E-state index in [1.54, 1.807) is 6.20 Å². The molecule has 0 radical (unpaired) electrons. The van der Waals surface area contributed by atoms with Gasteiger partial charge in [-0.25, -0.2) is 29.0 Å². The molecule has 0 aliphatic rings. The highest BCUT2D eigenvalue weighted by atomic mass is 32.2. The van der Waals surface area contributed by atoms with Crippen LogP contribution in [0.4, 0.5) is 5.82 Å². The number of nitrogen functional groups attached to an aromatic ring is 1. The first kappa shape index (κ1) is 13.9. The van der Waals surface area contributed by atoms with E-state index in [1.807, 2.05) is 5.38 Å². The van der Waals surface area contributed by atoms with Gasteiger partial charge in [0.15, 0.2) is 5.82 Å². The molecule has 0 spiro atoms. The van der Waals surface area contributed by atoms with E-state index in [2.05, 4.69) is 20.1 Å². The molecule has 2 aromatic rings. The van der Waals surface area contributed by atoms with Crippen LogP contribution in [0.5, 0.6) is 0 Å². The Kier molecular flexibility index (Phi) is 4.43. The van der Waals surface area contributed by atoms with Crippen LogP contribution in [0, 0.1) is 0 Å². The highest BCUT2D eigenvalue weighted by molar-refractivity contribution is 7.89. The summed E-state index contributed by atoms with van der Waals surface area (Å²) < 4.78 is 26.6. The summed E-state index contributed by atoms with van der Waals surface area (Å²) in [6.45, 7) is 0.273. The van der Waals surface area contributed by atoms with Gasteiger partial charge in [-0.1, -0.05) is 0 Å².